The van der Waals surface area contributed by atoms with Gasteiger partial charge in [-0.25, -0.2) is 4.98 Å². The van der Waals surface area contributed by atoms with Crippen molar-refractivity contribution in [2.45, 2.75) is 36.9 Å². The van der Waals surface area contributed by atoms with Crippen LogP contribution >= 0.6 is 0 Å². The maximum atomic E-state index is 5.72. The molecule has 0 spiro atoms. The van der Waals surface area contributed by atoms with E-state index in [0.29, 0.717) is 17.9 Å². The van der Waals surface area contributed by atoms with Gasteiger partial charge in [-0.3, -0.25) is 0 Å². The Labute approximate surface area is 159 Å². The molecule has 2 aliphatic rings. The lowest BCUT2D eigenvalue weighted by molar-refractivity contribution is 0.0861. The smallest absolute Gasteiger partial charge is 0.221 e. The Morgan fingerprint density at radius 2 is 1.89 bits per heavy atom. The largest absolute Gasteiger partial charge is 0.497 e. The number of anilines is 2. The number of benzene rings is 1. The quantitative estimate of drug-likeness (QED) is 0.803. The molecule has 2 fully saturated rings. The van der Waals surface area contributed by atoms with E-state index in [2.05, 4.69) is 32.3 Å². The first-order chi connectivity index (χ1) is 13.2. The first-order valence-electron chi connectivity index (χ1n) is 9.42. The highest BCUT2D eigenvalue weighted by atomic mass is 16.5. The number of nitrogens with one attached hydrogen (secondary N) is 1. The average Bonchev–Trinajstić information content (AvgIpc) is 3.07. The maximum absolute atomic E-state index is 5.72. The van der Waals surface area contributed by atoms with Crippen LogP contribution in [0, 0.1) is 0 Å². The Kier molecular flexibility index (Phi) is 5.13. The van der Waals surface area contributed by atoms with E-state index in [1.807, 2.05) is 18.2 Å². The van der Waals surface area contributed by atoms with Gasteiger partial charge < -0.3 is 25.4 Å². The summed E-state index contributed by atoms with van der Waals surface area (Å²) in [5.41, 5.74) is 7.11. The van der Waals surface area contributed by atoms with Crippen LogP contribution in [0.4, 0.5) is 11.8 Å². The Bertz CT molecular complexity index is 763. The molecule has 2 atom stereocenters. The number of rotatable bonds is 6. The van der Waals surface area contributed by atoms with Crippen LogP contribution < -0.4 is 20.7 Å². The third-order valence-corrected chi connectivity index (χ3v) is 5.73. The van der Waals surface area contributed by atoms with E-state index in [1.54, 1.807) is 20.4 Å². The summed E-state index contributed by atoms with van der Waals surface area (Å²) >= 11 is 0. The molecular formula is C20H27N5O2. The standard InChI is InChI=1S/C20H27N5O2/c1-26-16-5-3-13(4-6-16)14-9-15(10-14)23-17-11-25(12-18(17)27-2)19-7-8-22-20(21)24-19/h3-8,14-15,17-18,23H,9-12H2,1-2H3,(H2,21,22,24)/t14?,15?,17-,18+/m0/s1. The third kappa shape index (κ3) is 3.84. The summed E-state index contributed by atoms with van der Waals surface area (Å²) in [4.78, 5) is 10.5. The maximum Gasteiger partial charge on any atom is 0.221 e. The molecule has 2 heterocycles. The van der Waals surface area contributed by atoms with Crippen LogP contribution in [0.5, 0.6) is 5.75 Å². The van der Waals surface area contributed by atoms with Crippen LogP contribution in [0.15, 0.2) is 36.5 Å². The van der Waals surface area contributed by atoms with E-state index < -0.39 is 0 Å². The fourth-order valence-corrected chi connectivity index (χ4v) is 4.10. The zero-order valence-corrected chi connectivity index (χ0v) is 15.8. The van der Waals surface area contributed by atoms with Crippen LogP contribution in [0.3, 0.4) is 0 Å². The van der Waals surface area contributed by atoms with Gasteiger partial charge >= 0.3 is 0 Å². The van der Waals surface area contributed by atoms with E-state index >= 15 is 0 Å². The van der Waals surface area contributed by atoms with Crippen molar-refractivity contribution in [2.75, 3.05) is 37.9 Å². The van der Waals surface area contributed by atoms with E-state index in [-0.39, 0.29) is 12.1 Å². The number of nitrogen functional groups attached to an aromatic ring is 1. The summed E-state index contributed by atoms with van der Waals surface area (Å²) < 4.78 is 11.0. The number of nitrogens with zero attached hydrogens (tertiary/aromatic N) is 3. The Morgan fingerprint density at radius 1 is 1.11 bits per heavy atom. The Hall–Kier alpha value is -2.38. The van der Waals surface area contributed by atoms with Gasteiger partial charge in [0, 0.05) is 32.4 Å². The van der Waals surface area contributed by atoms with Gasteiger partial charge in [0.1, 0.15) is 11.6 Å². The summed E-state index contributed by atoms with van der Waals surface area (Å²) in [6, 6.07) is 11.1. The minimum Gasteiger partial charge on any atom is -0.497 e. The summed E-state index contributed by atoms with van der Waals surface area (Å²) in [5, 5.41) is 3.79. The molecule has 2 aromatic rings. The molecule has 1 aromatic heterocycles. The second-order valence-corrected chi connectivity index (χ2v) is 7.36. The van der Waals surface area contributed by atoms with E-state index in [9.17, 15) is 0 Å². The molecule has 1 saturated heterocycles. The molecular weight excluding hydrogens is 342 g/mol. The van der Waals surface area contributed by atoms with Crippen molar-refractivity contribution in [1.29, 1.82) is 0 Å². The number of aromatic nitrogens is 2. The Morgan fingerprint density at radius 3 is 2.56 bits per heavy atom. The summed E-state index contributed by atoms with van der Waals surface area (Å²) in [7, 11) is 3.48. The average molecular weight is 369 g/mol. The molecule has 1 aliphatic carbocycles. The first-order valence-corrected chi connectivity index (χ1v) is 9.42. The zero-order chi connectivity index (χ0) is 18.8. The number of nitrogens with two attached hydrogens (primary N) is 1. The van der Waals surface area contributed by atoms with Gasteiger partial charge in [0.25, 0.3) is 0 Å². The summed E-state index contributed by atoms with van der Waals surface area (Å²) in [6.45, 7) is 1.66. The molecule has 144 valence electrons. The fraction of sp³-hybridized carbons (Fsp3) is 0.500. The van der Waals surface area contributed by atoms with Crippen LogP contribution in [-0.2, 0) is 4.74 Å². The van der Waals surface area contributed by atoms with Gasteiger partial charge in [0.2, 0.25) is 5.95 Å². The highest BCUT2D eigenvalue weighted by Gasteiger charge is 2.38. The molecule has 1 aliphatic heterocycles. The SMILES string of the molecule is COc1ccc(C2CC(N[C@H]3CN(c4ccnc(N)n4)C[C@H]3OC)C2)cc1. The molecule has 7 heteroatoms. The zero-order valence-electron chi connectivity index (χ0n) is 15.8. The van der Waals surface area contributed by atoms with Crippen molar-refractivity contribution < 1.29 is 9.47 Å². The molecule has 7 nitrogen and oxygen atoms in total. The van der Waals surface area contributed by atoms with Gasteiger partial charge in [-0.05, 0) is 42.5 Å². The molecule has 4 rings (SSSR count). The van der Waals surface area contributed by atoms with Crippen molar-refractivity contribution in [3.63, 3.8) is 0 Å². The molecule has 0 unspecified atom stereocenters. The van der Waals surface area contributed by atoms with Gasteiger partial charge in [-0.1, -0.05) is 12.1 Å². The van der Waals surface area contributed by atoms with Crippen molar-refractivity contribution >= 4 is 11.8 Å². The second kappa shape index (κ2) is 7.70. The van der Waals surface area contributed by atoms with E-state index in [1.165, 1.54) is 5.56 Å². The molecule has 0 radical (unpaired) electrons. The summed E-state index contributed by atoms with van der Waals surface area (Å²) in [6.07, 6.45) is 4.15. The lowest BCUT2D eigenvalue weighted by Gasteiger charge is -2.39. The molecule has 1 saturated carbocycles. The normalized spacial score (nSPS) is 27.4. The number of hydrogen-bond acceptors (Lipinski definition) is 7. The predicted octanol–water partition coefficient (Wildman–Crippen LogP) is 1.81. The van der Waals surface area contributed by atoms with Gasteiger partial charge in [-0.15, -0.1) is 0 Å². The predicted molar refractivity (Wildman–Crippen MR) is 105 cm³/mol. The topological polar surface area (TPSA) is 85.5 Å². The minimum atomic E-state index is 0.140. The van der Waals surface area contributed by atoms with Crippen LogP contribution in [0.25, 0.3) is 0 Å². The Balaban J connectivity index is 1.33. The van der Waals surface area contributed by atoms with Crippen molar-refractivity contribution in [3.8, 4) is 5.75 Å². The number of ether oxygens (including phenoxy) is 2. The molecule has 1 aromatic carbocycles. The fourth-order valence-electron chi connectivity index (χ4n) is 4.10. The van der Waals surface area contributed by atoms with Gasteiger partial charge in [0.05, 0.1) is 19.3 Å². The van der Waals surface area contributed by atoms with Crippen LogP contribution in [0.1, 0.15) is 24.3 Å². The first kappa shape index (κ1) is 18.0. The van der Waals surface area contributed by atoms with E-state index in [0.717, 1.165) is 37.5 Å². The molecule has 3 N–H and O–H groups in total. The minimum absolute atomic E-state index is 0.140. The highest BCUT2D eigenvalue weighted by Crippen LogP contribution is 2.38. The van der Waals surface area contributed by atoms with Crippen LogP contribution in [-0.4, -0.2) is 55.5 Å². The van der Waals surface area contributed by atoms with Crippen molar-refractivity contribution in [1.82, 2.24) is 15.3 Å². The van der Waals surface area contributed by atoms with Gasteiger partial charge in [-0.2, -0.15) is 4.98 Å². The third-order valence-electron chi connectivity index (χ3n) is 5.73. The number of hydrogen-bond donors (Lipinski definition) is 2. The molecule has 0 amide bonds. The lowest BCUT2D eigenvalue weighted by Crippen LogP contribution is -2.50. The lowest BCUT2D eigenvalue weighted by atomic mass is 9.75. The van der Waals surface area contributed by atoms with Crippen molar-refractivity contribution in [3.05, 3.63) is 42.1 Å². The van der Waals surface area contributed by atoms with Gasteiger partial charge in [0.15, 0.2) is 0 Å². The molecule has 0 bridgehead atoms. The number of methoxy groups -OCH3 is 2. The molecule has 27 heavy (non-hydrogen) atoms. The van der Waals surface area contributed by atoms with E-state index in [4.69, 9.17) is 15.2 Å². The summed E-state index contributed by atoms with van der Waals surface area (Å²) in [5.74, 6) is 2.69. The second-order valence-electron chi connectivity index (χ2n) is 7.36. The monoisotopic (exact) mass is 369 g/mol. The van der Waals surface area contributed by atoms with Crippen LogP contribution in [0.2, 0.25) is 0 Å². The van der Waals surface area contributed by atoms with Crippen molar-refractivity contribution in [2.24, 2.45) is 0 Å². The highest BCUT2D eigenvalue weighted by molar-refractivity contribution is 5.43.